The van der Waals surface area contributed by atoms with Gasteiger partial charge in [0.05, 0.1) is 12.7 Å². The molecule has 0 radical (unpaired) electrons. The molecular weight excluding hydrogens is 166 g/mol. The van der Waals surface area contributed by atoms with Crippen molar-refractivity contribution in [3.05, 3.63) is 0 Å². The van der Waals surface area contributed by atoms with E-state index < -0.39 is 0 Å². The Labute approximate surface area is 81.5 Å². The van der Waals surface area contributed by atoms with Crippen LogP contribution in [0.5, 0.6) is 0 Å². The van der Waals surface area contributed by atoms with Gasteiger partial charge in [-0.15, -0.1) is 0 Å². The fraction of sp³-hybridized carbons (Fsp3) is 1.00. The summed E-state index contributed by atoms with van der Waals surface area (Å²) >= 11 is 0. The molecule has 0 aliphatic rings. The van der Waals surface area contributed by atoms with E-state index in [9.17, 15) is 5.11 Å². The molecule has 0 fully saturated rings. The summed E-state index contributed by atoms with van der Waals surface area (Å²) in [5.74, 6) is 0.180. The zero-order valence-electron chi connectivity index (χ0n) is 9.42. The van der Waals surface area contributed by atoms with E-state index in [1.54, 1.807) is 7.11 Å². The Balaban J connectivity index is 3.67. The summed E-state index contributed by atoms with van der Waals surface area (Å²) in [4.78, 5) is 0. The van der Waals surface area contributed by atoms with Gasteiger partial charge in [0.25, 0.3) is 0 Å². The van der Waals surface area contributed by atoms with Crippen molar-refractivity contribution in [3.63, 3.8) is 0 Å². The Morgan fingerprint density at radius 2 is 1.92 bits per heavy atom. The first-order chi connectivity index (χ1) is 5.87. The molecule has 0 spiro atoms. The maximum atomic E-state index is 9.67. The van der Waals surface area contributed by atoms with Gasteiger partial charge in [-0.1, -0.05) is 6.92 Å². The molecule has 80 valence electrons. The summed E-state index contributed by atoms with van der Waals surface area (Å²) in [6.45, 7) is 9.46. The van der Waals surface area contributed by atoms with Crippen molar-refractivity contribution in [2.45, 2.75) is 39.3 Å². The van der Waals surface area contributed by atoms with Gasteiger partial charge in [-0.3, -0.25) is 0 Å². The number of hydrogen-bond acceptors (Lipinski definition) is 3. The van der Waals surface area contributed by atoms with Crippen molar-refractivity contribution in [2.75, 3.05) is 20.3 Å². The van der Waals surface area contributed by atoms with E-state index in [0.717, 1.165) is 0 Å². The van der Waals surface area contributed by atoms with Gasteiger partial charge in [0, 0.05) is 25.1 Å². The monoisotopic (exact) mass is 189 g/mol. The molecule has 3 nitrogen and oxygen atoms in total. The number of rotatable bonds is 5. The van der Waals surface area contributed by atoms with Gasteiger partial charge in [-0.2, -0.15) is 0 Å². The van der Waals surface area contributed by atoms with Crippen LogP contribution >= 0.6 is 0 Å². The van der Waals surface area contributed by atoms with Crippen LogP contribution in [-0.2, 0) is 4.74 Å². The average molecular weight is 189 g/mol. The van der Waals surface area contributed by atoms with E-state index >= 15 is 0 Å². The molecule has 0 saturated heterocycles. The second kappa shape index (κ2) is 5.58. The van der Waals surface area contributed by atoms with Gasteiger partial charge in [0.15, 0.2) is 0 Å². The van der Waals surface area contributed by atoms with E-state index in [-0.39, 0.29) is 17.6 Å². The lowest BCUT2D eigenvalue weighted by molar-refractivity contribution is 0.0533. The highest BCUT2D eigenvalue weighted by molar-refractivity contribution is 4.75. The minimum absolute atomic E-state index is 0.0633. The van der Waals surface area contributed by atoms with Gasteiger partial charge < -0.3 is 15.2 Å². The summed E-state index contributed by atoms with van der Waals surface area (Å²) in [7, 11) is 1.65. The van der Waals surface area contributed by atoms with Crippen LogP contribution in [0.15, 0.2) is 0 Å². The molecule has 0 amide bonds. The van der Waals surface area contributed by atoms with Gasteiger partial charge in [-0.25, -0.2) is 0 Å². The Bertz CT molecular complexity index is 131. The third-order valence-electron chi connectivity index (χ3n) is 1.93. The highest BCUT2D eigenvalue weighted by Gasteiger charge is 2.16. The van der Waals surface area contributed by atoms with Gasteiger partial charge in [-0.05, 0) is 20.8 Å². The van der Waals surface area contributed by atoms with Crippen LogP contribution in [0.3, 0.4) is 0 Å². The number of hydrogen-bond donors (Lipinski definition) is 2. The largest absolute Gasteiger partial charge is 0.391 e. The average Bonchev–Trinajstić information content (AvgIpc) is 1.99. The Morgan fingerprint density at radius 1 is 1.38 bits per heavy atom. The maximum absolute atomic E-state index is 9.67. The minimum atomic E-state index is -0.334. The molecule has 0 saturated carbocycles. The topological polar surface area (TPSA) is 41.5 Å². The molecule has 0 heterocycles. The molecule has 3 heteroatoms. The lowest BCUT2D eigenvalue weighted by Crippen LogP contribution is -2.43. The smallest absolute Gasteiger partial charge is 0.0712 e. The standard InChI is InChI=1S/C10H23NO2/c1-8(7-13-5)9(12)6-11-10(2,3)4/h8-9,11-12H,6-7H2,1-5H3. The van der Waals surface area contributed by atoms with Gasteiger partial charge >= 0.3 is 0 Å². The van der Waals surface area contributed by atoms with Crippen LogP contribution in [0, 0.1) is 5.92 Å². The fourth-order valence-electron chi connectivity index (χ4n) is 0.986. The number of β-amino-alcohol motifs (C(OH)–C–C–N with tert-alkyl or cyclic N) is 1. The minimum Gasteiger partial charge on any atom is -0.391 e. The summed E-state index contributed by atoms with van der Waals surface area (Å²) < 4.78 is 4.97. The van der Waals surface area contributed by atoms with Gasteiger partial charge in [0.1, 0.15) is 0 Å². The molecule has 13 heavy (non-hydrogen) atoms. The van der Waals surface area contributed by atoms with Crippen molar-refractivity contribution in [1.29, 1.82) is 0 Å². The number of methoxy groups -OCH3 is 1. The quantitative estimate of drug-likeness (QED) is 0.678. The molecule has 2 unspecified atom stereocenters. The maximum Gasteiger partial charge on any atom is 0.0712 e. The van der Waals surface area contributed by atoms with Crippen LogP contribution < -0.4 is 5.32 Å². The van der Waals surface area contributed by atoms with Crippen LogP contribution in [0.4, 0.5) is 0 Å². The Morgan fingerprint density at radius 3 is 2.31 bits per heavy atom. The molecule has 0 aromatic carbocycles. The summed E-state index contributed by atoms with van der Waals surface area (Å²) in [5, 5.41) is 12.9. The summed E-state index contributed by atoms with van der Waals surface area (Å²) in [5.41, 5.74) is 0.0633. The van der Waals surface area contributed by atoms with Crippen LogP contribution in [0.2, 0.25) is 0 Å². The number of aliphatic hydroxyl groups excluding tert-OH is 1. The lowest BCUT2D eigenvalue weighted by atomic mass is 10.0. The first-order valence-electron chi connectivity index (χ1n) is 4.79. The van der Waals surface area contributed by atoms with Crippen molar-refractivity contribution >= 4 is 0 Å². The van der Waals surface area contributed by atoms with Crippen molar-refractivity contribution in [3.8, 4) is 0 Å². The van der Waals surface area contributed by atoms with Crippen molar-refractivity contribution in [1.82, 2.24) is 5.32 Å². The van der Waals surface area contributed by atoms with E-state index in [1.165, 1.54) is 0 Å². The van der Waals surface area contributed by atoms with Crippen molar-refractivity contribution < 1.29 is 9.84 Å². The molecule has 0 bridgehead atoms. The SMILES string of the molecule is COCC(C)C(O)CNC(C)(C)C. The van der Waals surface area contributed by atoms with Crippen molar-refractivity contribution in [2.24, 2.45) is 5.92 Å². The normalized spacial score (nSPS) is 17.1. The molecule has 0 aliphatic heterocycles. The predicted octanol–water partition coefficient (Wildman–Crippen LogP) is 1.02. The van der Waals surface area contributed by atoms with E-state index in [4.69, 9.17) is 4.74 Å². The third kappa shape index (κ3) is 6.99. The highest BCUT2D eigenvalue weighted by Crippen LogP contribution is 2.05. The summed E-state index contributed by atoms with van der Waals surface area (Å²) in [6, 6.07) is 0. The molecular formula is C10H23NO2. The zero-order valence-corrected chi connectivity index (χ0v) is 9.42. The van der Waals surface area contributed by atoms with Crippen LogP contribution in [-0.4, -0.2) is 37.0 Å². The Hall–Kier alpha value is -0.120. The predicted molar refractivity (Wildman–Crippen MR) is 54.8 cm³/mol. The van der Waals surface area contributed by atoms with E-state index in [2.05, 4.69) is 26.1 Å². The fourth-order valence-corrected chi connectivity index (χ4v) is 0.986. The molecule has 2 atom stereocenters. The second-order valence-electron chi connectivity index (χ2n) is 4.63. The summed E-state index contributed by atoms with van der Waals surface area (Å²) in [6.07, 6.45) is -0.334. The van der Waals surface area contributed by atoms with E-state index in [0.29, 0.717) is 13.2 Å². The van der Waals surface area contributed by atoms with Crippen LogP contribution in [0.1, 0.15) is 27.7 Å². The number of aliphatic hydroxyl groups is 1. The Kier molecular flexibility index (Phi) is 5.53. The second-order valence-corrected chi connectivity index (χ2v) is 4.63. The molecule has 0 aromatic heterocycles. The number of ether oxygens (including phenoxy) is 1. The number of nitrogens with one attached hydrogen (secondary N) is 1. The molecule has 2 N–H and O–H groups in total. The van der Waals surface area contributed by atoms with Gasteiger partial charge in [0.2, 0.25) is 0 Å². The lowest BCUT2D eigenvalue weighted by Gasteiger charge is -2.25. The molecule has 0 aliphatic carbocycles. The van der Waals surface area contributed by atoms with E-state index in [1.807, 2.05) is 6.92 Å². The molecule has 0 rings (SSSR count). The molecule has 0 aromatic rings. The first-order valence-corrected chi connectivity index (χ1v) is 4.79. The highest BCUT2D eigenvalue weighted by atomic mass is 16.5. The van der Waals surface area contributed by atoms with Crippen LogP contribution in [0.25, 0.3) is 0 Å². The third-order valence-corrected chi connectivity index (χ3v) is 1.93. The first kappa shape index (κ1) is 12.9. The zero-order chi connectivity index (χ0) is 10.5.